The minimum Gasteiger partial charge on any atom is -0.385 e. The van der Waals surface area contributed by atoms with Crippen LogP contribution >= 0.6 is 12.4 Å². The van der Waals surface area contributed by atoms with Gasteiger partial charge in [-0.15, -0.1) is 12.4 Å². The Kier molecular flexibility index (Phi) is 6.67. The van der Waals surface area contributed by atoms with Crippen LogP contribution in [0.2, 0.25) is 0 Å². The van der Waals surface area contributed by atoms with Crippen molar-refractivity contribution < 1.29 is 9.53 Å². The van der Waals surface area contributed by atoms with E-state index < -0.39 is 0 Å². The van der Waals surface area contributed by atoms with Crippen molar-refractivity contribution >= 4 is 18.3 Å². The molecule has 134 valence electrons. The Morgan fingerprint density at radius 2 is 2.00 bits per heavy atom. The van der Waals surface area contributed by atoms with Gasteiger partial charge in [-0.25, -0.2) is 0 Å². The topological polar surface area (TPSA) is 55.6 Å². The van der Waals surface area contributed by atoms with E-state index in [1.165, 1.54) is 5.56 Å². The lowest BCUT2D eigenvalue weighted by Gasteiger charge is -2.42. The molecular formula is C19H29ClN2O2. The smallest absolute Gasteiger partial charge is 0.228 e. The molecular weight excluding hydrogens is 324 g/mol. The van der Waals surface area contributed by atoms with Crippen molar-refractivity contribution in [3.05, 3.63) is 35.9 Å². The van der Waals surface area contributed by atoms with Gasteiger partial charge in [0.1, 0.15) is 0 Å². The fourth-order valence-electron chi connectivity index (χ4n) is 4.16. The lowest BCUT2D eigenvalue weighted by Crippen LogP contribution is -2.48. The molecule has 5 heteroatoms. The van der Waals surface area contributed by atoms with E-state index in [0.29, 0.717) is 30.9 Å². The molecule has 2 N–H and O–H groups in total. The Bertz CT molecular complexity index is 533. The minimum atomic E-state index is -0.166. The number of ether oxygens (including phenoxy) is 1. The van der Waals surface area contributed by atoms with Crippen molar-refractivity contribution in [3.63, 3.8) is 0 Å². The van der Waals surface area contributed by atoms with Gasteiger partial charge in [-0.05, 0) is 37.3 Å². The molecule has 0 spiro atoms. The van der Waals surface area contributed by atoms with Crippen LogP contribution in [0.3, 0.4) is 0 Å². The normalized spacial score (nSPS) is 25.0. The quantitative estimate of drug-likeness (QED) is 0.856. The van der Waals surface area contributed by atoms with Gasteiger partial charge in [-0.3, -0.25) is 4.79 Å². The molecule has 1 aromatic carbocycles. The van der Waals surface area contributed by atoms with Crippen LogP contribution in [0.15, 0.2) is 30.3 Å². The molecule has 0 unspecified atom stereocenters. The average Bonchev–Trinajstić information content (AvgIpc) is 2.99. The number of nitrogens with zero attached hydrogens (tertiary/aromatic N) is 1. The van der Waals surface area contributed by atoms with Crippen LogP contribution in [-0.2, 0) is 9.53 Å². The van der Waals surface area contributed by atoms with E-state index in [1.807, 2.05) is 6.07 Å². The van der Waals surface area contributed by atoms with Crippen LogP contribution in [0, 0.1) is 11.3 Å². The van der Waals surface area contributed by atoms with Crippen LogP contribution in [0.4, 0.5) is 0 Å². The molecule has 1 amide bonds. The Balaban J connectivity index is 0.00000208. The molecule has 2 aliphatic rings. The Hall–Kier alpha value is -1.10. The van der Waals surface area contributed by atoms with Crippen molar-refractivity contribution in [1.29, 1.82) is 0 Å². The molecule has 4 nitrogen and oxygen atoms in total. The number of methoxy groups -OCH3 is 1. The molecule has 1 aliphatic heterocycles. The largest absolute Gasteiger partial charge is 0.385 e. The number of likely N-dealkylation sites (tertiary alicyclic amines) is 1. The fraction of sp³-hybridized carbons (Fsp3) is 0.632. The number of hydrogen-bond acceptors (Lipinski definition) is 3. The Morgan fingerprint density at radius 1 is 1.29 bits per heavy atom. The first-order valence-electron chi connectivity index (χ1n) is 8.73. The molecule has 1 saturated carbocycles. The summed E-state index contributed by atoms with van der Waals surface area (Å²) in [4.78, 5) is 15.2. The summed E-state index contributed by atoms with van der Waals surface area (Å²) in [7, 11) is 1.71. The number of hydrogen-bond donors (Lipinski definition) is 1. The molecule has 2 fully saturated rings. The highest BCUT2D eigenvalue weighted by Gasteiger charge is 2.48. The van der Waals surface area contributed by atoms with Gasteiger partial charge in [0.25, 0.3) is 0 Å². The molecule has 0 aromatic heterocycles. The summed E-state index contributed by atoms with van der Waals surface area (Å²) in [6.07, 6.45) is 4.03. The zero-order valence-corrected chi connectivity index (χ0v) is 15.3. The van der Waals surface area contributed by atoms with Gasteiger partial charge in [0, 0.05) is 32.7 Å². The third-order valence-corrected chi connectivity index (χ3v) is 5.81. The number of amides is 1. The highest BCUT2D eigenvalue weighted by molar-refractivity contribution is 5.85. The van der Waals surface area contributed by atoms with E-state index in [4.69, 9.17) is 10.5 Å². The van der Waals surface area contributed by atoms with Gasteiger partial charge in [-0.2, -0.15) is 0 Å². The maximum atomic E-state index is 13.1. The van der Waals surface area contributed by atoms with Gasteiger partial charge in [0.15, 0.2) is 0 Å². The number of benzene rings is 1. The molecule has 1 saturated heterocycles. The van der Waals surface area contributed by atoms with Gasteiger partial charge < -0.3 is 15.4 Å². The third-order valence-electron chi connectivity index (χ3n) is 5.81. The SMILES string of the molecule is COCCC1(C(=O)N2C[C@@H](CN)[C@H](c3ccccc3)C2)CCC1.Cl. The van der Waals surface area contributed by atoms with Gasteiger partial charge >= 0.3 is 0 Å². The van der Waals surface area contributed by atoms with Crippen molar-refractivity contribution in [3.8, 4) is 0 Å². The van der Waals surface area contributed by atoms with Crippen LogP contribution in [0.5, 0.6) is 0 Å². The van der Waals surface area contributed by atoms with E-state index in [2.05, 4.69) is 29.2 Å². The van der Waals surface area contributed by atoms with E-state index in [1.54, 1.807) is 7.11 Å². The summed E-state index contributed by atoms with van der Waals surface area (Å²) in [5.41, 5.74) is 7.14. The Morgan fingerprint density at radius 3 is 2.54 bits per heavy atom. The second-order valence-electron chi connectivity index (χ2n) is 7.10. The molecule has 0 radical (unpaired) electrons. The zero-order chi connectivity index (χ0) is 16.3. The van der Waals surface area contributed by atoms with Crippen LogP contribution in [-0.4, -0.2) is 44.2 Å². The van der Waals surface area contributed by atoms with Crippen molar-refractivity contribution in [2.75, 3.05) is 33.4 Å². The highest BCUT2D eigenvalue weighted by Crippen LogP contribution is 2.47. The van der Waals surface area contributed by atoms with Crippen LogP contribution in [0.25, 0.3) is 0 Å². The standard InChI is InChI=1S/C19H28N2O2.ClH/c1-23-11-10-19(8-5-9-19)18(22)21-13-16(12-20)17(14-21)15-6-3-2-4-7-15;/h2-4,6-7,16-17H,5,8-14,20H2,1H3;1H/t16-,17+;/m1./s1. The first-order valence-corrected chi connectivity index (χ1v) is 8.73. The molecule has 3 rings (SSSR count). The maximum Gasteiger partial charge on any atom is 0.228 e. The lowest BCUT2D eigenvalue weighted by atomic mass is 9.66. The molecule has 1 heterocycles. The number of rotatable bonds is 6. The minimum absolute atomic E-state index is 0. The summed E-state index contributed by atoms with van der Waals surface area (Å²) < 4.78 is 5.23. The van der Waals surface area contributed by atoms with E-state index in [-0.39, 0.29) is 17.8 Å². The molecule has 2 atom stereocenters. The average molecular weight is 353 g/mol. The predicted octanol–water partition coefficient (Wildman–Crippen LogP) is 2.82. The maximum absolute atomic E-state index is 13.1. The van der Waals surface area contributed by atoms with Crippen molar-refractivity contribution in [2.24, 2.45) is 17.1 Å². The summed E-state index contributed by atoms with van der Waals surface area (Å²) in [6, 6.07) is 10.5. The van der Waals surface area contributed by atoms with Crippen LogP contribution < -0.4 is 5.73 Å². The second kappa shape index (κ2) is 8.32. The van der Waals surface area contributed by atoms with E-state index in [9.17, 15) is 4.79 Å². The zero-order valence-electron chi connectivity index (χ0n) is 14.4. The number of halogens is 1. The second-order valence-corrected chi connectivity index (χ2v) is 7.10. The molecule has 1 aromatic rings. The van der Waals surface area contributed by atoms with Crippen LogP contribution in [0.1, 0.15) is 37.2 Å². The monoisotopic (exact) mass is 352 g/mol. The molecule has 0 bridgehead atoms. The van der Waals surface area contributed by atoms with E-state index >= 15 is 0 Å². The number of nitrogens with two attached hydrogens (primary N) is 1. The highest BCUT2D eigenvalue weighted by atomic mass is 35.5. The first kappa shape index (κ1) is 19.2. The van der Waals surface area contributed by atoms with Gasteiger partial charge in [-0.1, -0.05) is 36.8 Å². The predicted molar refractivity (Wildman–Crippen MR) is 98.3 cm³/mol. The third kappa shape index (κ3) is 3.61. The summed E-state index contributed by atoms with van der Waals surface area (Å²) in [6.45, 7) is 2.90. The van der Waals surface area contributed by atoms with Crippen molar-refractivity contribution in [1.82, 2.24) is 4.90 Å². The number of carbonyl (C=O) groups is 1. The fourth-order valence-corrected chi connectivity index (χ4v) is 4.16. The van der Waals surface area contributed by atoms with E-state index in [0.717, 1.165) is 38.8 Å². The first-order chi connectivity index (χ1) is 11.2. The summed E-state index contributed by atoms with van der Waals surface area (Å²) in [5.74, 6) is 1.06. The summed E-state index contributed by atoms with van der Waals surface area (Å²) >= 11 is 0. The number of carbonyl (C=O) groups excluding carboxylic acids is 1. The van der Waals surface area contributed by atoms with Gasteiger partial charge in [0.2, 0.25) is 5.91 Å². The Labute approximate surface area is 151 Å². The van der Waals surface area contributed by atoms with Gasteiger partial charge in [0.05, 0.1) is 5.41 Å². The molecule has 1 aliphatic carbocycles. The molecule has 24 heavy (non-hydrogen) atoms. The summed E-state index contributed by atoms with van der Waals surface area (Å²) in [5, 5.41) is 0. The lowest BCUT2D eigenvalue weighted by molar-refractivity contribution is -0.148. The van der Waals surface area contributed by atoms with Crippen molar-refractivity contribution in [2.45, 2.75) is 31.6 Å².